The van der Waals surface area contributed by atoms with Crippen molar-refractivity contribution in [1.82, 2.24) is 29.8 Å². The Kier molecular flexibility index (Phi) is 5.11. The first-order valence-electron chi connectivity index (χ1n) is 9.71. The Labute approximate surface area is 173 Å². The van der Waals surface area contributed by atoms with Gasteiger partial charge in [0.15, 0.2) is 5.82 Å². The van der Waals surface area contributed by atoms with E-state index in [-0.39, 0.29) is 5.56 Å². The van der Waals surface area contributed by atoms with Gasteiger partial charge in [0.2, 0.25) is 0 Å². The van der Waals surface area contributed by atoms with Crippen LogP contribution in [0.1, 0.15) is 30.7 Å². The van der Waals surface area contributed by atoms with Crippen LogP contribution in [0.2, 0.25) is 0 Å². The van der Waals surface area contributed by atoms with Crippen molar-refractivity contribution < 1.29 is 0 Å². The zero-order valence-electron chi connectivity index (χ0n) is 17.1. The van der Waals surface area contributed by atoms with Gasteiger partial charge in [0.1, 0.15) is 5.69 Å². The number of nitriles is 1. The molecule has 0 radical (unpaired) electrons. The van der Waals surface area contributed by atoms with Gasteiger partial charge in [0, 0.05) is 25.6 Å². The minimum absolute atomic E-state index is 0.135. The number of rotatable bonds is 5. The summed E-state index contributed by atoms with van der Waals surface area (Å²) in [6.07, 6.45) is 0.392. The smallest absolute Gasteiger partial charge is 0.272 e. The Morgan fingerprint density at radius 2 is 1.90 bits per heavy atom. The summed E-state index contributed by atoms with van der Waals surface area (Å²) in [6.45, 7) is 4.93. The number of nitrogens with zero attached hydrogens (tertiary/aromatic N) is 7. The highest BCUT2D eigenvalue weighted by Crippen LogP contribution is 2.22. The summed E-state index contributed by atoms with van der Waals surface area (Å²) in [5.41, 5.74) is 4.13. The highest BCUT2D eigenvalue weighted by Gasteiger charge is 2.14. The number of tetrazole rings is 1. The predicted molar refractivity (Wildman–Crippen MR) is 113 cm³/mol. The zero-order chi connectivity index (χ0) is 21.3. The second-order valence-electron chi connectivity index (χ2n) is 7.69. The fraction of sp³-hybridized carbons (Fsp3) is 0.273. The van der Waals surface area contributed by atoms with Crippen LogP contribution in [0.4, 0.5) is 0 Å². The first-order chi connectivity index (χ1) is 14.5. The van der Waals surface area contributed by atoms with Crippen LogP contribution in [-0.2, 0) is 20.0 Å². The SMILES string of the molecule is CC(C)Cn1nnnc1-c1ccc2c(c1)nc(Cc1ccc(C#N)cc1)c(=O)n2C. The molecule has 0 N–H and O–H groups in total. The fourth-order valence-corrected chi connectivity index (χ4v) is 3.42. The third-order valence-corrected chi connectivity index (χ3v) is 4.93. The molecule has 0 bridgehead atoms. The summed E-state index contributed by atoms with van der Waals surface area (Å²) in [4.78, 5) is 17.5. The van der Waals surface area contributed by atoms with Crippen molar-refractivity contribution in [3.05, 3.63) is 69.6 Å². The van der Waals surface area contributed by atoms with Crippen molar-refractivity contribution in [2.24, 2.45) is 13.0 Å². The van der Waals surface area contributed by atoms with E-state index in [9.17, 15) is 4.79 Å². The Morgan fingerprint density at radius 1 is 1.13 bits per heavy atom. The molecule has 0 aliphatic carbocycles. The molecule has 0 unspecified atom stereocenters. The Balaban J connectivity index is 1.76. The third-order valence-electron chi connectivity index (χ3n) is 4.93. The lowest BCUT2D eigenvalue weighted by atomic mass is 10.1. The lowest BCUT2D eigenvalue weighted by Crippen LogP contribution is -2.23. The molecule has 0 aliphatic rings. The van der Waals surface area contributed by atoms with E-state index in [1.807, 2.05) is 30.3 Å². The second kappa shape index (κ2) is 7.87. The van der Waals surface area contributed by atoms with Gasteiger partial charge < -0.3 is 4.57 Å². The maximum absolute atomic E-state index is 12.8. The van der Waals surface area contributed by atoms with Crippen LogP contribution in [0.15, 0.2) is 47.3 Å². The summed E-state index contributed by atoms with van der Waals surface area (Å²) in [5.74, 6) is 1.08. The molecular formula is C22H21N7O. The van der Waals surface area contributed by atoms with Crippen LogP contribution in [0.25, 0.3) is 22.4 Å². The molecular weight excluding hydrogens is 378 g/mol. The minimum Gasteiger partial charge on any atom is -0.308 e. The quantitative estimate of drug-likeness (QED) is 0.511. The van der Waals surface area contributed by atoms with E-state index in [4.69, 9.17) is 5.26 Å². The van der Waals surface area contributed by atoms with Gasteiger partial charge in [0.05, 0.1) is 22.7 Å². The first-order valence-corrected chi connectivity index (χ1v) is 9.71. The second-order valence-corrected chi connectivity index (χ2v) is 7.69. The molecule has 4 aromatic rings. The highest BCUT2D eigenvalue weighted by atomic mass is 16.1. The minimum atomic E-state index is -0.135. The fourth-order valence-electron chi connectivity index (χ4n) is 3.42. The monoisotopic (exact) mass is 399 g/mol. The van der Waals surface area contributed by atoms with Crippen molar-refractivity contribution >= 4 is 11.0 Å². The maximum atomic E-state index is 12.8. The molecule has 2 heterocycles. The summed E-state index contributed by atoms with van der Waals surface area (Å²) in [7, 11) is 1.75. The molecule has 8 nitrogen and oxygen atoms in total. The molecule has 0 saturated carbocycles. The van der Waals surface area contributed by atoms with E-state index in [2.05, 4.69) is 40.4 Å². The standard InChI is InChI=1S/C22H21N7O/c1-14(2)13-29-21(25-26-27-29)17-8-9-20-18(11-17)24-19(22(30)28(20)3)10-15-4-6-16(12-23)7-5-15/h4-9,11,14H,10,13H2,1-3H3. The summed E-state index contributed by atoms with van der Waals surface area (Å²) in [5, 5.41) is 21.0. The van der Waals surface area contributed by atoms with E-state index >= 15 is 0 Å². The van der Waals surface area contributed by atoms with Gasteiger partial charge in [-0.05, 0) is 52.2 Å². The number of hydrogen-bond donors (Lipinski definition) is 0. The van der Waals surface area contributed by atoms with Gasteiger partial charge in [-0.15, -0.1) is 5.10 Å². The van der Waals surface area contributed by atoms with Gasteiger partial charge in [-0.2, -0.15) is 5.26 Å². The average molecular weight is 399 g/mol. The zero-order valence-corrected chi connectivity index (χ0v) is 17.1. The van der Waals surface area contributed by atoms with Crippen molar-refractivity contribution in [2.75, 3.05) is 0 Å². The molecule has 8 heteroatoms. The summed E-state index contributed by atoms with van der Waals surface area (Å²) in [6, 6.07) is 15.0. The molecule has 0 spiro atoms. The van der Waals surface area contributed by atoms with Crippen LogP contribution in [0.5, 0.6) is 0 Å². The van der Waals surface area contributed by atoms with Gasteiger partial charge >= 0.3 is 0 Å². The van der Waals surface area contributed by atoms with Crippen molar-refractivity contribution in [1.29, 1.82) is 5.26 Å². The number of aryl methyl sites for hydroxylation is 1. The third kappa shape index (κ3) is 3.70. The van der Waals surface area contributed by atoms with Gasteiger partial charge in [-0.1, -0.05) is 26.0 Å². The van der Waals surface area contributed by atoms with Crippen LogP contribution in [0, 0.1) is 17.2 Å². The molecule has 150 valence electrons. The van der Waals surface area contributed by atoms with Gasteiger partial charge in [0.25, 0.3) is 5.56 Å². The lowest BCUT2D eigenvalue weighted by molar-refractivity contribution is 0.475. The molecule has 2 aromatic heterocycles. The van der Waals surface area contributed by atoms with E-state index in [0.29, 0.717) is 41.5 Å². The summed E-state index contributed by atoms with van der Waals surface area (Å²) >= 11 is 0. The molecule has 0 amide bonds. The number of hydrogen-bond acceptors (Lipinski definition) is 6. The maximum Gasteiger partial charge on any atom is 0.272 e. The molecule has 0 fully saturated rings. The largest absolute Gasteiger partial charge is 0.308 e. The van der Waals surface area contributed by atoms with Crippen LogP contribution >= 0.6 is 0 Å². The summed E-state index contributed by atoms with van der Waals surface area (Å²) < 4.78 is 3.40. The molecule has 4 rings (SSSR count). The van der Waals surface area contributed by atoms with Crippen molar-refractivity contribution in [3.8, 4) is 17.5 Å². The highest BCUT2D eigenvalue weighted by molar-refractivity contribution is 5.80. The van der Waals surface area contributed by atoms with Crippen LogP contribution < -0.4 is 5.56 Å². The van der Waals surface area contributed by atoms with Gasteiger partial charge in [-0.25, -0.2) is 9.67 Å². The molecule has 30 heavy (non-hydrogen) atoms. The molecule has 0 atom stereocenters. The number of aromatic nitrogens is 6. The van der Waals surface area contributed by atoms with Crippen molar-refractivity contribution in [2.45, 2.75) is 26.8 Å². The van der Waals surface area contributed by atoms with E-state index in [0.717, 1.165) is 16.6 Å². The van der Waals surface area contributed by atoms with E-state index < -0.39 is 0 Å². The molecule has 0 aliphatic heterocycles. The topological polar surface area (TPSA) is 102 Å². The first kappa shape index (κ1) is 19.5. The van der Waals surface area contributed by atoms with Gasteiger partial charge in [-0.3, -0.25) is 4.79 Å². The van der Waals surface area contributed by atoms with Crippen molar-refractivity contribution in [3.63, 3.8) is 0 Å². The normalized spacial score (nSPS) is 11.2. The van der Waals surface area contributed by atoms with Crippen LogP contribution in [-0.4, -0.2) is 29.8 Å². The average Bonchev–Trinajstić information content (AvgIpc) is 3.19. The predicted octanol–water partition coefficient (Wildman–Crippen LogP) is 2.71. The van der Waals surface area contributed by atoms with Crippen LogP contribution in [0.3, 0.4) is 0 Å². The van der Waals surface area contributed by atoms with E-state index in [1.54, 1.807) is 28.4 Å². The Morgan fingerprint density at radius 3 is 2.60 bits per heavy atom. The molecule has 0 saturated heterocycles. The molecule has 2 aromatic carbocycles. The number of benzene rings is 2. The Hall–Kier alpha value is -3.86. The Bertz CT molecular complexity index is 1310. The van der Waals surface area contributed by atoms with E-state index in [1.165, 1.54) is 0 Å². The lowest BCUT2D eigenvalue weighted by Gasteiger charge is -2.11. The number of fused-ring (bicyclic) bond motifs is 1.